The number of benzene rings is 1. The molecule has 28 heavy (non-hydrogen) atoms. The van der Waals surface area contributed by atoms with Gasteiger partial charge in [-0.3, -0.25) is 0 Å². The maximum Gasteiger partial charge on any atom is 0.165 e. The van der Waals surface area contributed by atoms with Gasteiger partial charge in [0.2, 0.25) is 0 Å². The lowest BCUT2D eigenvalue weighted by Gasteiger charge is -2.22. The molecule has 4 nitrogen and oxygen atoms in total. The van der Waals surface area contributed by atoms with Crippen LogP contribution in [0.2, 0.25) is 0 Å². The van der Waals surface area contributed by atoms with Crippen molar-refractivity contribution in [1.29, 1.82) is 0 Å². The van der Waals surface area contributed by atoms with Crippen molar-refractivity contribution in [2.45, 2.75) is 59.4 Å². The van der Waals surface area contributed by atoms with Crippen LogP contribution in [0.3, 0.4) is 0 Å². The van der Waals surface area contributed by atoms with Gasteiger partial charge < -0.3 is 19.7 Å². The van der Waals surface area contributed by atoms with Crippen LogP contribution >= 0.6 is 40.7 Å². The first-order valence-corrected chi connectivity index (χ1v) is 10.9. The Kier molecular flexibility index (Phi) is 20.1. The van der Waals surface area contributed by atoms with Gasteiger partial charge in [0, 0.05) is 16.6 Å². The fourth-order valence-corrected chi connectivity index (χ4v) is 3.45. The summed E-state index contributed by atoms with van der Waals surface area (Å²) >= 11 is 3.56. The lowest BCUT2D eigenvalue weighted by Crippen LogP contribution is -2.29. The molecule has 0 aliphatic carbocycles. The van der Waals surface area contributed by atoms with Gasteiger partial charge in [0.05, 0.1) is 13.7 Å². The average molecular weight is 502 g/mol. The Morgan fingerprint density at radius 2 is 1.57 bits per heavy atom. The molecule has 0 saturated heterocycles. The molecule has 0 heterocycles. The molecule has 0 aliphatic heterocycles. The molecule has 0 aliphatic rings. The van der Waals surface area contributed by atoms with E-state index in [1.54, 1.807) is 7.11 Å². The average Bonchev–Trinajstić information content (AvgIpc) is 2.64. The minimum absolute atomic E-state index is 0. The predicted octanol–water partition coefficient (Wildman–Crippen LogP) is 6.08. The van der Waals surface area contributed by atoms with Gasteiger partial charge in [0.25, 0.3) is 0 Å². The van der Waals surface area contributed by atoms with Gasteiger partial charge in [-0.2, -0.15) is 0 Å². The number of hydrogen-bond acceptors (Lipinski definition) is 4. The second-order valence-corrected chi connectivity index (χ2v) is 7.52. The number of nitrogens with zero attached hydrogens (tertiary/aromatic N) is 1. The molecule has 1 rings (SSSR count). The molecule has 0 bridgehead atoms. The molecule has 166 valence electrons. The zero-order valence-electron chi connectivity index (χ0n) is 17.9. The fourth-order valence-electron chi connectivity index (χ4n) is 2.96. The molecular weight excluding hydrogens is 463 g/mol. The number of unbranched alkanes of at least 4 members (excludes halogenated alkanes) is 2. The van der Waals surface area contributed by atoms with Crippen LogP contribution in [0.15, 0.2) is 16.6 Å². The van der Waals surface area contributed by atoms with E-state index in [2.05, 4.69) is 46.1 Å². The van der Waals surface area contributed by atoms with Crippen molar-refractivity contribution in [2.24, 2.45) is 0 Å². The summed E-state index contributed by atoms with van der Waals surface area (Å²) in [4.78, 5) is 2.61. The first-order chi connectivity index (χ1) is 12.7. The molecule has 0 fully saturated rings. The van der Waals surface area contributed by atoms with E-state index < -0.39 is 0 Å². The lowest BCUT2D eigenvalue weighted by atomic mass is 10.1. The minimum atomic E-state index is 0. The molecular formula is C21H39BrCl2N2O2. The van der Waals surface area contributed by atoms with E-state index in [9.17, 15) is 0 Å². The Hall–Kier alpha value is -0.200. The van der Waals surface area contributed by atoms with Crippen LogP contribution in [0, 0.1) is 0 Å². The first kappa shape index (κ1) is 30.0. The molecule has 0 amide bonds. The highest BCUT2D eigenvalue weighted by molar-refractivity contribution is 9.10. The summed E-state index contributed by atoms with van der Waals surface area (Å²) in [6.07, 6.45) is 6.31. The van der Waals surface area contributed by atoms with E-state index in [4.69, 9.17) is 9.47 Å². The van der Waals surface area contributed by atoms with Crippen LogP contribution in [0.25, 0.3) is 0 Å². The Balaban J connectivity index is 0. The molecule has 0 atom stereocenters. The van der Waals surface area contributed by atoms with E-state index in [0.29, 0.717) is 6.61 Å². The third kappa shape index (κ3) is 11.7. The molecule has 0 spiro atoms. The monoisotopic (exact) mass is 500 g/mol. The summed E-state index contributed by atoms with van der Waals surface area (Å²) in [6.45, 7) is 12.6. The highest BCUT2D eigenvalue weighted by Crippen LogP contribution is 2.34. The number of ether oxygens (including phenoxy) is 2. The highest BCUT2D eigenvalue weighted by Gasteiger charge is 2.12. The molecule has 0 saturated carbocycles. The van der Waals surface area contributed by atoms with Gasteiger partial charge in [-0.25, -0.2) is 0 Å². The SMILES string of the molecule is CCCCN(CCCC)CCCNCc1cc(Br)cc(OC)c1OCC.Cl.Cl. The van der Waals surface area contributed by atoms with Crippen molar-refractivity contribution in [3.05, 3.63) is 22.2 Å². The highest BCUT2D eigenvalue weighted by atomic mass is 79.9. The van der Waals surface area contributed by atoms with Gasteiger partial charge in [-0.05, 0) is 64.5 Å². The van der Waals surface area contributed by atoms with E-state index in [1.807, 2.05) is 13.0 Å². The number of rotatable bonds is 15. The fraction of sp³-hybridized carbons (Fsp3) is 0.714. The van der Waals surface area contributed by atoms with Crippen LogP contribution in [0.4, 0.5) is 0 Å². The quantitative estimate of drug-likeness (QED) is 0.295. The van der Waals surface area contributed by atoms with Crippen LogP contribution in [0.1, 0.15) is 58.4 Å². The van der Waals surface area contributed by atoms with E-state index >= 15 is 0 Å². The molecule has 0 unspecified atom stereocenters. The zero-order chi connectivity index (χ0) is 19.2. The lowest BCUT2D eigenvalue weighted by molar-refractivity contribution is 0.260. The smallest absolute Gasteiger partial charge is 0.165 e. The van der Waals surface area contributed by atoms with E-state index in [0.717, 1.165) is 34.6 Å². The van der Waals surface area contributed by atoms with Gasteiger partial charge in [-0.15, -0.1) is 24.8 Å². The molecule has 0 radical (unpaired) electrons. The van der Waals surface area contributed by atoms with Gasteiger partial charge in [0.15, 0.2) is 11.5 Å². The first-order valence-electron chi connectivity index (χ1n) is 10.1. The van der Waals surface area contributed by atoms with Gasteiger partial charge in [-0.1, -0.05) is 42.6 Å². The minimum Gasteiger partial charge on any atom is -0.493 e. The summed E-state index contributed by atoms with van der Waals surface area (Å²) in [6, 6.07) is 4.06. The third-order valence-electron chi connectivity index (χ3n) is 4.40. The molecule has 1 aromatic carbocycles. The van der Waals surface area contributed by atoms with Crippen molar-refractivity contribution < 1.29 is 9.47 Å². The van der Waals surface area contributed by atoms with Gasteiger partial charge >= 0.3 is 0 Å². The van der Waals surface area contributed by atoms with Crippen molar-refractivity contribution in [1.82, 2.24) is 10.2 Å². The number of hydrogen-bond donors (Lipinski definition) is 1. The second-order valence-electron chi connectivity index (χ2n) is 6.61. The van der Waals surface area contributed by atoms with Crippen LogP contribution in [-0.4, -0.2) is 44.8 Å². The van der Waals surface area contributed by atoms with Gasteiger partial charge in [0.1, 0.15) is 0 Å². The number of nitrogens with one attached hydrogen (secondary N) is 1. The standard InChI is InChI=1S/C21H37BrN2O2.2ClH/c1-5-8-12-24(13-9-6-2)14-10-11-23-17-18-15-19(22)16-20(25-4)21(18)26-7-3;;/h15-16,23H,5-14,17H2,1-4H3;2*1H. The van der Waals surface area contributed by atoms with Crippen molar-refractivity contribution in [2.75, 3.05) is 39.9 Å². The van der Waals surface area contributed by atoms with Crippen molar-refractivity contribution in [3.63, 3.8) is 0 Å². The normalized spacial score (nSPS) is 10.4. The zero-order valence-corrected chi connectivity index (χ0v) is 21.1. The Bertz CT molecular complexity index is 500. The maximum atomic E-state index is 5.80. The Labute approximate surface area is 193 Å². The van der Waals surface area contributed by atoms with E-state index in [1.165, 1.54) is 51.7 Å². The van der Waals surface area contributed by atoms with Crippen molar-refractivity contribution in [3.8, 4) is 11.5 Å². The number of methoxy groups -OCH3 is 1. The predicted molar refractivity (Wildman–Crippen MR) is 129 cm³/mol. The van der Waals surface area contributed by atoms with Crippen LogP contribution in [0.5, 0.6) is 11.5 Å². The Morgan fingerprint density at radius 3 is 2.11 bits per heavy atom. The molecule has 1 aromatic rings. The number of halogens is 3. The summed E-state index contributed by atoms with van der Waals surface area (Å²) in [5.41, 5.74) is 1.13. The molecule has 0 aromatic heterocycles. The van der Waals surface area contributed by atoms with E-state index in [-0.39, 0.29) is 24.8 Å². The summed E-state index contributed by atoms with van der Waals surface area (Å²) < 4.78 is 12.3. The maximum absolute atomic E-state index is 5.80. The van der Waals surface area contributed by atoms with Crippen molar-refractivity contribution >= 4 is 40.7 Å². The topological polar surface area (TPSA) is 33.7 Å². The van der Waals surface area contributed by atoms with Crippen LogP contribution < -0.4 is 14.8 Å². The summed E-state index contributed by atoms with van der Waals surface area (Å²) in [5.74, 6) is 1.63. The van der Waals surface area contributed by atoms with Crippen LogP contribution in [-0.2, 0) is 6.54 Å². The third-order valence-corrected chi connectivity index (χ3v) is 4.86. The second kappa shape index (κ2) is 18.8. The molecule has 1 N–H and O–H groups in total. The molecule has 7 heteroatoms. The summed E-state index contributed by atoms with van der Waals surface area (Å²) in [5, 5.41) is 3.56. The summed E-state index contributed by atoms with van der Waals surface area (Å²) in [7, 11) is 1.68. The largest absolute Gasteiger partial charge is 0.493 e. The Morgan fingerprint density at radius 1 is 0.964 bits per heavy atom.